The van der Waals surface area contributed by atoms with E-state index < -0.39 is 11.1 Å². The fraction of sp³-hybridized carbons (Fsp3) is 0.304. The van der Waals surface area contributed by atoms with Gasteiger partial charge in [0.05, 0.1) is 21.8 Å². The van der Waals surface area contributed by atoms with Crippen LogP contribution in [0.5, 0.6) is 0 Å². The molecule has 0 aliphatic carbocycles. The van der Waals surface area contributed by atoms with E-state index in [0.29, 0.717) is 47.9 Å². The molecular formula is C23H23FN4O3S. The van der Waals surface area contributed by atoms with Crippen LogP contribution in [-0.2, 0) is 9.59 Å². The van der Waals surface area contributed by atoms with Crippen LogP contribution in [0, 0.1) is 5.82 Å². The summed E-state index contributed by atoms with van der Waals surface area (Å²) in [5.41, 5.74) is 0.547. The zero-order chi connectivity index (χ0) is 22.8. The summed E-state index contributed by atoms with van der Waals surface area (Å²) in [4.78, 5) is 45.9. The number of fused-ring (bicyclic) bond motifs is 1. The number of hydrogen-bond acceptors (Lipinski definition) is 5. The van der Waals surface area contributed by atoms with Crippen LogP contribution in [-0.4, -0.2) is 62.6 Å². The van der Waals surface area contributed by atoms with E-state index in [2.05, 4.69) is 4.98 Å². The summed E-state index contributed by atoms with van der Waals surface area (Å²) in [5, 5.41) is 0.217. The molecule has 1 aromatic heterocycles. The highest BCUT2D eigenvalue weighted by molar-refractivity contribution is 8.00. The molecule has 3 aromatic rings. The highest BCUT2D eigenvalue weighted by Gasteiger charge is 2.28. The summed E-state index contributed by atoms with van der Waals surface area (Å²) >= 11 is 1.17. The molecule has 2 aromatic carbocycles. The maximum atomic E-state index is 13.9. The molecule has 4 rings (SSSR count). The molecule has 1 fully saturated rings. The Morgan fingerprint density at radius 2 is 1.72 bits per heavy atom. The van der Waals surface area contributed by atoms with E-state index in [4.69, 9.17) is 0 Å². The highest BCUT2D eigenvalue weighted by atomic mass is 32.2. The Morgan fingerprint density at radius 3 is 2.41 bits per heavy atom. The van der Waals surface area contributed by atoms with Crippen molar-refractivity contribution in [3.05, 3.63) is 64.7 Å². The van der Waals surface area contributed by atoms with Gasteiger partial charge in [-0.1, -0.05) is 30.0 Å². The average molecular weight is 455 g/mol. The quantitative estimate of drug-likeness (QED) is 0.448. The number of benzene rings is 2. The largest absolute Gasteiger partial charge is 0.339 e. The summed E-state index contributed by atoms with van der Waals surface area (Å²) in [6.07, 6.45) is 0. The molecule has 32 heavy (non-hydrogen) atoms. The van der Waals surface area contributed by atoms with Crippen molar-refractivity contribution < 1.29 is 14.0 Å². The van der Waals surface area contributed by atoms with Gasteiger partial charge in [-0.05, 0) is 37.3 Å². The smallest absolute Gasteiger partial charge is 0.266 e. The average Bonchev–Trinajstić information content (AvgIpc) is 2.79. The topological polar surface area (TPSA) is 75.5 Å². The lowest BCUT2D eigenvalue weighted by molar-refractivity contribution is -0.137. The molecule has 2 heterocycles. The Bertz CT molecular complexity index is 1240. The zero-order valence-electron chi connectivity index (χ0n) is 17.8. The first-order valence-electron chi connectivity index (χ1n) is 10.3. The second-order valence-corrected chi connectivity index (χ2v) is 8.93. The van der Waals surface area contributed by atoms with Crippen LogP contribution in [0.3, 0.4) is 0 Å². The van der Waals surface area contributed by atoms with E-state index in [1.165, 1.54) is 41.5 Å². The van der Waals surface area contributed by atoms with Crippen LogP contribution >= 0.6 is 11.8 Å². The van der Waals surface area contributed by atoms with Gasteiger partial charge in [0, 0.05) is 33.1 Å². The minimum atomic E-state index is -0.522. The minimum Gasteiger partial charge on any atom is -0.339 e. The van der Waals surface area contributed by atoms with Gasteiger partial charge < -0.3 is 9.80 Å². The number of carbonyl (C=O) groups excluding carboxylic acids is 2. The molecular weight excluding hydrogens is 431 g/mol. The molecule has 166 valence electrons. The first-order chi connectivity index (χ1) is 15.3. The zero-order valence-corrected chi connectivity index (χ0v) is 18.6. The Morgan fingerprint density at radius 1 is 1.03 bits per heavy atom. The van der Waals surface area contributed by atoms with Crippen molar-refractivity contribution in [2.45, 2.75) is 24.3 Å². The van der Waals surface area contributed by atoms with E-state index in [1.54, 1.807) is 47.1 Å². The maximum absolute atomic E-state index is 13.9. The molecule has 1 atom stereocenters. The van der Waals surface area contributed by atoms with E-state index in [0.717, 1.165) is 0 Å². The predicted molar refractivity (Wildman–Crippen MR) is 121 cm³/mol. The number of nitrogens with zero attached hydrogens (tertiary/aromatic N) is 4. The predicted octanol–water partition coefficient (Wildman–Crippen LogP) is 2.70. The molecule has 1 aliphatic heterocycles. The van der Waals surface area contributed by atoms with Gasteiger partial charge in [0.1, 0.15) is 5.82 Å². The minimum absolute atomic E-state index is 0.000929. The normalized spacial score (nSPS) is 15.1. The van der Waals surface area contributed by atoms with E-state index in [-0.39, 0.29) is 17.4 Å². The first kappa shape index (κ1) is 22.0. The van der Waals surface area contributed by atoms with Crippen LogP contribution in [0.2, 0.25) is 0 Å². The Labute approximate surface area is 188 Å². The van der Waals surface area contributed by atoms with Crippen LogP contribution in [0.25, 0.3) is 16.6 Å². The lowest BCUT2D eigenvalue weighted by Crippen LogP contribution is -2.51. The number of carbonyl (C=O) groups is 2. The molecule has 1 aliphatic rings. The van der Waals surface area contributed by atoms with Gasteiger partial charge in [-0.15, -0.1) is 0 Å². The van der Waals surface area contributed by atoms with Crippen molar-refractivity contribution in [2.24, 2.45) is 0 Å². The van der Waals surface area contributed by atoms with Gasteiger partial charge in [-0.2, -0.15) is 0 Å². The molecule has 0 spiro atoms. The summed E-state index contributed by atoms with van der Waals surface area (Å²) in [5.74, 6) is -0.559. The Balaban J connectivity index is 1.66. The number of amides is 2. The van der Waals surface area contributed by atoms with Gasteiger partial charge in [-0.25, -0.2) is 9.37 Å². The van der Waals surface area contributed by atoms with Crippen molar-refractivity contribution in [2.75, 3.05) is 26.2 Å². The van der Waals surface area contributed by atoms with Crippen molar-refractivity contribution in [3.8, 4) is 5.69 Å². The van der Waals surface area contributed by atoms with Crippen LogP contribution < -0.4 is 5.56 Å². The lowest BCUT2D eigenvalue weighted by Gasteiger charge is -2.35. The fourth-order valence-electron chi connectivity index (χ4n) is 3.74. The van der Waals surface area contributed by atoms with Gasteiger partial charge >= 0.3 is 0 Å². The van der Waals surface area contributed by atoms with E-state index in [1.807, 2.05) is 0 Å². The summed E-state index contributed by atoms with van der Waals surface area (Å²) in [6, 6.07) is 12.7. The Hall–Kier alpha value is -3.20. The molecule has 1 unspecified atom stereocenters. The second kappa shape index (κ2) is 9.12. The van der Waals surface area contributed by atoms with Gasteiger partial charge in [0.15, 0.2) is 5.16 Å². The van der Waals surface area contributed by atoms with Crippen LogP contribution in [0.1, 0.15) is 13.8 Å². The van der Waals surface area contributed by atoms with Crippen molar-refractivity contribution in [1.29, 1.82) is 0 Å². The number of hydrogen-bond donors (Lipinski definition) is 0. The highest BCUT2D eigenvalue weighted by Crippen LogP contribution is 2.26. The van der Waals surface area contributed by atoms with Crippen molar-refractivity contribution >= 4 is 34.5 Å². The van der Waals surface area contributed by atoms with Crippen LogP contribution in [0.15, 0.2) is 58.5 Å². The number of para-hydroxylation sites is 1. The number of rotatable bonds is 4. The third-order valence-corrected chi connectivity index (χ3v) is 6.52. The number of piperazine rings is 1. The summed E-state index contributed by atoms with van der Waals surface area (Å²) in [7, 11) is 0. The van der Waals surface area contributed by atoms with Crippen molar-refractivity contribution in [3.63, 3.8) is 0 Å². The molecule has 0 bridgehead atoms. The number of halogens is 1. The molecule has 0 radical (unpaired) electrons. The fourth-order valence-corrected chi connectivity index (χ4v) is 4.75. The van der Waals surface area contributed by atoms with Crippen molar-refractivity contribution in [1.82, 2.24) is 19.4 Å². The molecule has 9 heteroatoms. The maximum Gasteiger partial charge on any atom is 0.266 e. The SMILES string of the molecule is CC(=O)N1CCN(C(=O)C(C)Sc2nc3ccccc3c(=O)n2-c2cccc(F)c2)CC1. The summed E-state index contributed by atoms with van der Waals surface area (Å²) in [6.45, 7) is 5.21. The first-order valence-corrected chi connectivity index (χ1v) is 11.2. The van der Waals surface area contributed by atoms with E-state index in [9.17, 15) is 18.8 Å². The second-order valence-electron chi connectivity index (χ2n) is 7.62. The van der Waals surface area contributed by atoms with Crippen LogP contribution in [0.4, 0.5) is 4.39 Å². The lowest BCUT2D eigenvalue weighted by atomic mass is 10.2. The summed E-state index contributed by atoms with van der Waals surface area (Å²) < 4.78 is 15.3. The molecule has 2 amide bonds. The molecule has 0 N–H and O–H groups in total. The number of aromatic nitrogens is 2. The van der Waals surface area contributed by atoms with Gasteiger partial charge in [0.2, 0.25) is 11.8 Å². The monoisotopic (exact) mass is 454 g/mol. The Kier molecular flexibility index (Phi) is 6.27. The van der Waals surface area contributed by atoms with Gasteiger partial charge in [-0.3, -0.25) is 19.0 Å². The van der Waals surface area contributed by atoms with E-state index >= 15 is 0 Å². The molecule has 0 saturated carbocycles. The van der Waals surface area contributed by atoms with Gasteiger partial charge in [0.25, 0.3) is 5.56 Å². The standard InChI is InChI=1S/C23H23FN4O3S/c1-15(21(30)27-12-10-26(11-13-27)16(2)29)32-23-25-20-9-4-3-8-19(20)22(31)28(23)18-7-5-6-17(24)14-18/h3-9,14-15H,10-13H2,1-2H3. The third-order valence-electron chi connectivity index (χ3n) is 5.48. The molecule has 1 saturated heterocycles. The molecule has 7 nitrogen and oxygen atoms in total. The number of thioether (sulfide) groups is 1. The third kappa shape index (κ3) is 4.38.